The minimum absolute atomic E-state index is 0.0737. The van der Waals surface area contributed by atoms with Crippen LogP contribution in [0, 0.1) is 6.92 Å². The van der Waals surface area contributed by atoms with Crippen LogP contribution >= 0.6 is 27.5 Å². The standard InChI is InChI=1S/C10H11BrClNO/c1-6-8(12)4-3-5-9(6)13-10(14)7(2)11/h3-5,7H,1-2H3,(H,13,14)/t7-/m0/s1. The van der Waals surface area contributed by atoms with Crippen molar-refractivity contribution < 1.29 is 4.79 Å². The van der Waals surface area contributed by atoms with Gasteiger partial charge in [0.15, 0.2) is 0 Å². The van der Waals surface area contributed by atoms with E-state index in [9.17, 15) is 4.79 Å². The summed E-state index contributed by atoms with van der Waals surface area (Å²) >= 11 is 9.11. The number of halogens is 2. The van der Waals surface area contributed by atoms with Crippen molar-refractivity contribution in [2.75, 3.05) is 5.32 Å². The van der Waals surface area contributed by atoms with Crippen LogP contribution < -0.4 is 5.32 Å². The number of hydrogen-bond donors (Lipinski definition) is 1. The first-order valence-electron chi connectivity index (χ1n) is 4.22. The van der Waals surface area contributed by atoms with Crippen LogP contribution in [0.3, 0.4) is 0 Å². The largest absolute Gasteiger partial charge is 0.325 e. The number of amides is 1. The lowest BCUT2D eigenvalue weighted by molar-refractivity contribution is -0.115. The SMILES string of the molecule is Cc1c(Cl)cccc1NC(=O)[C@H](C)Br. The predicted molar refractivity (Wildman–Crippen MR) is 63.2 cm³/mol. The molecule has 1 rings (SSSR count). The Labute approximate surface area is 96.8 Å². The van der Waals surface area contributed by atoms with Crippen molar-refractivity contribution in [2.45, 2.75) is 18.7 Å². The van der Waals surface area contributed by atoms with Crippen LogP contribution in [0.4, 0.5) is 5.69 Å². The zero-order chi connectivity index (χ0) is 10.7. The molecule has 1 atom stereocenters. The molecule has 0 aliphatic carbocycles. The molecule has 1 N–H and O–H groups in total. The maximum atomic E-state index is 11.4. The molecule has 0 bridgehead atoms. The molecule has 0 unspecified atom stereocenters. The molecule has 0 heterocycles. The number of nitrogens with one attached hydrogen (secondary N) is 1. The maximum Gasteiger partial charge on any atom is 0.237 e. The van der Waals surface area contributed by atoms with E-state index in [1.165, 1.54) is 0 Å². The Morgan fingerprint density at radius 2 is 2.21 bits per heavy atom. The molecule has 14 heavy (non-hydrogen) atoms. The number of carbonyl (C=O) groups is 1. The van der Waals surface area contributed by atoms with E-state index >= 15 is 0 Å². The van der Waals surface area contributed by atoms with Gasteiger partial charge < -0.3 is 5.32 Å². The molecule has 0 aliphatic rings. The molecule has 0 fully saturated rings. The molecule has 0 saturated heterocycles. The number of hydrogen-bond acceptors (Lipinski definition) is 1. The van der Waals surface area contributed by atoms with Crippen LogP contribution in [0.2, 0.25) is 5.02 Å². The van der Waals surface area contributed by atoms with Crippen LogP contribution in [0.15, 0.2) is 18.2 Å². The summed E-state index contributed by atoms with van der Waals surface area (Å²) < 4.78 is 0. The summed E-state index contributed by atoms with van der Waals surface area (Å²) in [4.78, 5) is 11.2. The van der Waals surface area contributed by atoms with Crippen molar-refractivity contribution in [2.24, 2.45) is 0 Å². The molecule has 0 radical (unpaired) electrons. The zero-order valence-electron chi connectivity index (χ0n) is 7.97. The fourth-order valence-electron chi connectivity index (χ4n) is 0.975. The van der Waals surface area contributed by atoms with E-state index in [2.05, 4.69) is 21.2 Å². The Morgan fingerprint density at radius 3 is 2.79 bits per heavy atom. The minimum Gasteiger partial charge on any atom is -0.325 e. The van der Waals surface area contributed by atoms with Crippen molar-refractivity contribution in [1.29, 1.82) is 0 Å². The molecule has 1 aromatic rings. The van der Waals surface area contributed by atoms with Crippen molar-refractivity contribution in [3.63, 3.8) is 0 Å². The Morgan fingerprint density at radius 1 is 1.57 bits per heavy atom. The lowest BCUT2D eigenvalue weighted by Gasteiger charge is -2.10. The van der Waals surface area contributed by atoms with Gasteiger partial charge in [-0.25, -0.2) is 0 Å². The number of alkyl halides is 1. The Hall–Kier alpha value is -0.540. The van der Waals surface area contributed by atoms with E-state index in [0.29, 0.717) is 5.02 Å². The molecule has 0 aliphatic heterocycles. The summed E-state index contributed by atoms with van der Waals surface area (Å²) in [6.45, 7) is 3.64. The second-order valence-electron chi connectivity index (χ2n) is 3.02. The third kappa shape index (κ3) is 2.72. The average Bonchev–Trinajstić information content (AvgIpc) is 2.12. The molecule has 1 aromatic carbocycles. The summed E-state index contributed by atoms with van der Waals surface area (Å²) in [5.74, 6) is -0.0737. The van der Waals surface area contributed by atoms with Crippen molar-refractivity contribution in [1.82, 2.24) is 0 Å². The maximum absolute atomic E-state index is 11.4. The first-order chi connectivity index (χ1) is 6.52. The quantitative estimate of drug-likeness (QED) is 0.825. The summed E-state index contributed by atoms with van der Waals surface area (Å²) in [7, 11) is 0. The van der Waals surface area contributed by atoms with Crippen molar-refractivity contribution >= 4 is 39.1 Å². The number of benzene rings is 1. The van der Waals surface area contributed by atoms with E-state index in [1.54, 1.807) is 13.0 Å². The molecule has 0 spiro atoms. The highest BCUT2D eigenvalue weighted by Crippen LogP contribution is 2.23. The van der Waals surface area contributed by atoms with Gasteiger partial charge in [0.25, 0.3) is 0 Å². The monoisotopic (exact) mass is 275 g/mol. The Kier molecular flexibility index (Phi) is 3.96. The molecule has 4 heteroatoms. The third-order valence-electron chi connectivity index (χ3n) is 1.89. The van der Waals surface area contributed by atoms with E-state index in [4.69, 9.17) is 11.6 Å². The van der Waals surface area contributed by atoms with Gasteiger partial charge in [-0.1, -0.05) is 33.6 Å². The third-order valence-corrected chi connectivity index (χ3v) is 2.71. The molecular weight excluding hydrogens is 265 g/mol. The Balaban J connectivity index is 2.87. The summed E-state index contributed by atoms with van der Waals surface area (Å²) in [5.41, 5.74) is 1.64. The van der Waals surface area contributed by atoms with Gasteiger partial charge in [0, 0.05) is 10.7 Å². The summed E-state index contributed by atoms with van der Waals surface area (Å²) in [6.07, 6.45) is 0. The van der Waals surface area contributed by atoms with Gasteiger partial charge in [0.1, 0.15) is 0 Å². The first-order valence-corrected chi connectivity index (χ1v) is 5.52. The van der Waals surface area contributed by atoms with Crippen LogP contribution in [-0.4, -0.2) is 10.7 Å². The van der Waals surface area contributed by atoms with Crippen LogP contribution in [-0.2, 0) is 4.79 Å². The second-order valence-corrected chi connectivity index (χ2v) is 4.80. The van der Waals surface area contributed by atoms with Crippen LogP contribution in [0.25, 0.3) is 0 Å². The topological polar surface area (TPSA) is 29.1 Å². The normalized spacial score (nSPS) is 12.3. The van der Waals surface area contributed by atoms with Gasteiger partial charge in [-0.15, -0.1) is 0 Å². The van der Waals surface area contributed by atoms with Gasteiger partial charge in [0.05, 0.1) is 4.83 Å². The fraction of sp³-hybridized carbons (Fsp3) is 0.300. The highest BCUT2D eigenvalue weighted by molar-refractivity contribution is 9.10. The Bertz CT molecular complexity index is 352. The molecular formula is C10H11BrClNO. The van der Waals surface area contributed by atoms with Gasteiger partial charge >= 0.3 is 0 Å². The highest BCUT2D eigenvalue weighted by Gasteiger charge is 2.10. The van der Waals surface area contributed by atoms with Crippen LogP contribution in [0.1, 0.15) is 12.5 Å². The molecule has 76 valence electrons. The lowest BCUT2D eigenvalue weighted by Crippen LogP contribution is -2.20. The predicted octanol–water partition coefficient (Wildman–Crippen LogP) is 3.37. The van der Waals surface area contributed by atoms with Gasteiger partial charge in [-0.3, -0.25) is 4.79 Å². The van der Waals surface area contributed by atoms with Gasteiger partial charge in [-0.05, 0) is 31.5 Å². The summed E-state index contributed by atoms with van der Waals surface area (Å²) in [6, 6.07) is 5.43. The molecule has 1 amide bonds. The second kappa shape index (κ2) is 4.80. The van der Waals surface area contributed by atoms with E-state index < -0.39 is 0 Å². The molecule has 0 saturated carbocycles. The van der Waals surface area contributed by atoms with E-state index in [1.807, 2.05) is 19.1 Å². The molecule has 0 aromatic heterocycles. The van der Waals surface area contributed by atoms with Gasteiger partial charge in [-0.2, -0.15) is 0 Å². The fourth-order valence-corrected chi connectivity index (χ4v) is 1.26. The minimum atomic E-state index is -0.208. The smallest absolute Gasteiger partial charge is 0.237 e. The first kappa shape index (κ1) is 11.5. The number of rotatable bonds is 2. The van der Waals surface area contributed by atoms with Gasteiger partial charge in [0.2, 0.25) is 5.91 Å². The van der Waals surface area contributed by atoms with E-state index in [-0.39, 0.29) is 10.7 Å². The highest BCUT2D eigenvalue weighted by atomic mass is 79.9. The van der Waals surface area contributed by atoms with Crippen molar-refractivity contribution in [3.05, 3.63) is 28.8 Å². The van der Waals surface area contributed by atoms with E-state index in [0.717, 1.165) is 11.3 Å². The van der Waals surface area contributed by atoms with Crippen LogP contribution in [0.5, 0.6) is 0 Å². The van der Waals surface area contributed by atoms with Crippen molar-refractivity contribution in [3.8, 4) is 0 Å². The lowest BCUT2D eigenvalue weighted by atomic mass is 10.2. The average molecular weight is 277 g/mol. The number of carbonyl (C=O) groups excluding carboxylic acids is 1. The molecule has 2 nitrogen and oxygen atoms in total. The summed E-state index contributed by atoms with van der Waals surface area (Å²) in [5, 5.41) is 3.44. The number of anilines is 1. The zero-order valence-corrected chi connectivity index (χ0v) is 10.3.